The molecule has 0 amide bonds. The third-order valence-electron chi connectivity index (χ3n) is 5.18. The number of nitrogens with zero attached hydrogens (tertiary/aromatic N) is 2. The number of aromatic nitrogens is 2. The molecule has 3 aromatic rings. The fourth-order valence-electron chi connectivity index (χ4n) is 4.00. The summed E-state index contributed by atoms with van der Waals surface area (Å²) in [4.78, 5) is 12.9. The van der Waals surface area contributed by atoms with E-state index in [0.29, 0.717) is 6.42 Å². The molecule has 1 aliphatic carbocycles. The summed E-state index contributed by atoms with van der Waals surface area (Å²) in [6.45, 7) is 6.14. The van der Waals surface area contributed by atoms with Gasteiger partial charge >= 0.3 is 0 Å². The van der Waals surface area contributed by atoms with Crippen molar-refractivity contribution in [2.45, 2.75) is 39.5 Å². The van der Waals surface area contributed by atoms with E-state index in [9.17, 15) is 4.79 Å². The summed E-state index contributed by atoms with van der Waals surface area (Å²) >= 11 is 0. The highest BCUT2D eigenvalue weighted by atomic mass is 16.1. The van der Waals surface area contributed by atoms with E-state index >= 15 is 0 Å². The van der Waals surface area contributed by atoms with Crippen LogP contribution in [0.1, 0.15) is 50.8 Å². The van der Waals surface area contributed by atoms with Crippen LogP contribution in [0.25, 0.3) is 5.69 Å². The van der Waals surface area contributed by atoms with Crippen LogP contribution < -0.4 is 0 Å². The molecule has 25 heavy (non-hydrogen) atoms. The molecule has 0 unspecified atom stereocenters. The lowest BCUT2D eigenvalue weighted by molar-refractivity contribution is 0.0963. The van der Waals surface area contributed by atoms with Crippen molar-refractivity contribution in [2.75, 3.05) is 0 Å². The van der Waals surface area contributed by atoms with Crippen molar-refractivity contribution in [1.29, 1.82) is 0 Å². The summed E-state index contributed by atoms with van der Waals surface area (Å²) in [6, 6.07) is 16.7. The van der Waals surface area contributed by atoms with Crippen LogP contribution in [0, 0.1) is 20.8 Å². The maximum absolute atomic E-state index is 12.9. The Morgan fingerprint density at radius 1 is 1.00 bits per heavy atom. The topological polar surface area (TPSA) is 34.9 Å². The largest absolute Gasteiger partial charge is 0.294 e. The number of Topliss-reactive ketones (excluding diaryl/α,β-unsaturated/α-hetero) is 1. The first-order chi connectivity index (χ1) is 12.0. The molecule has 0 saturated heterocycles. The van der Waals surface area contributed by atoms with Gasteiger partial charge in [-0.25, -0.2) is 4.68 Å². The van der Waals surface area contributed by atoms with Crippen molar-refractivity contribution in [3.05, 3.63) is 82.2 Å². The van der Waals surface area contributed by atoms with E-state index < -0.39 is 0 Å². The molecule has 0 radical (unpaired) electrons. The molecule has 0 fully saturated rings. The quantitative estimate of drug-likeness (QED) is 0.682. The van der Waals surface area contributed by atoms with Crippen molar-refractivity contribution in [3.63, 3.8) is 0 Å². The minimum absolute atomic E-state index is 0.214. The smallest absolute Gasteiger partial charge is 0.167 e. The molecule has 0 N–H and O–H groups in total. The van der Waals surface area contributed by atoms with E-state index in [0.717, 1.165) is 29.1 Å². The van der Waals surface area contributed by atoms with Gasteiger partial charge in [0.1, 0.15) is 0 Å². The van der Waals surface area contributed by atoms with Gasteiger partial charge in [0.2, 0.25) is 0 Å². The molecule has 1 aromatic heterocycles. The highest BCUT2D eigenvalue weighted by Gasteiger charge is 2.32. The molecule has 1 aliphatic rings. The van der Waals surface area contributed by atoms with Gasteiger partial charge < -0.3 is 0 Å². The second-order valence-corrected chi connectivity index (χ2v) is 7.04. The number of fused-ring (bicyclic) bond motifs is 1. The van der Waals surface area contributed by atoms with Crippen molar-refractivity contribution in [3.8, 4) is 5.69 Å². The van der Waals surface area contributed by atoms with Gasteiger partial charge in [-0.3, -0.25) is 4.79 Å². The summed E-state index contributed by atoms with van der Waals surface area (Å²) in [5.74, 6) is 0.437. The first-order valence-corrected chi connectivity index (χ1v) is 8.79. The number of carbonyl (C=O) groups is 1. The van der Waals surface area contributed by atoms with Gasteiger partial charge in [-0.15, -0.1) is 0 Å². The molecular weight excluding hydrogens is 308 g/mol. The average molecular weight is 330 g/mol. The fraction of sp³-hybridized carbons (Fsp3) is 0.273. The zero-order chi connectivity index (χ0) is 17.6. The minimum atomic E-state index is 0.214. The lowest BCUT2D eigenvalue weighted by Gasteiger charge is -2.24. The minimum Gasteiger partial charge on any atom is -0.294 e. The maximum atomic E-state index is 12.9. The number of benzene rings is 2. The third-order valence-corrected chi connectivity index (χ3v) is 5.18. The van der Waals surface area contributed by atoms with E-state index in [2.05, 4.69) is 56.3 Å². The molecule has 3 heteroatoms. The molecular formula is C22H22N2O. The van der Waals surface area contributed by atoms with Crippen molar-refractivity contribution >= 4 is 5.78 Å². The molecule has 4 rings (SSSR count). The maximum Gasteiger partial charge on any atom is 0.167 e. The van der Waals surface area contributed by atoms with Crippen LogP contribution in [0.15, 0.2) is 48.5 Å². The van der Waals surface area contributed by atoms with Gasteiger partial charge in [0.15, 0.2) is 5.78 Å². The highest BCUT2D eigenvalue weighted by molar-refractivity contribution is 6.00. The number of carbonyl (C=O) groups excluding carboxylic acids is 1. The summed E-state index contributed by atoms with van der Waals surface area (Å²) in [7, 11) is 0. The van der Waals surface area contributed by atoms with Crippen LogP contribution in [0.4, 0.5) is 0 Å². The number of hydrogen-bond acceptors (Lipinski definition) is 2. The second-order valence-electron chi connectivity index (χ2n) is 7.04. The highest BCUT2D eigenvalue weighted by Crippen LogP contribution is 2.36. The van der Waals surface area contributed by atoms with E-state index in [4.69, 9.17) is 5.10 Å². The van der Waals surface area contributed by atoms with E-state index in [1.165, 1.54) is 16.7 Å². The predicted octanol–water partition coefficient (Wildman–Crippen LogP) is 4.71. The summed E-state index contributed by atoms with van der Waals surface area (Å²) in [6.07, 6.45) is 1.42. The zero-order valence-electron chi connectivity index (χ0n) is 14.9. The monoisotopic (exact) mass is 330 g/mol. The normalized spacial score (nSPS) is 16.8. The number of aryl methyl sites for hydroxylation is 3. The first kappa shape index (κ1) is 15.8. The molecule has 3 nitrogen and oxygen atoms in total. The van der Waals surface area contributed by atoms with E-state index in [-0.39, 0.29) is 11.7 Å². The number of hydrogen-bond donors (Lipinski definition) is 0. The molecule has 0 aliphatic heterocycles. The Bertz CT molecular complexity index is 968. The number of rotatable bonds is 2. The molecule has 0 saturated carbocycles. The van der Waals surface area contributed by atoms with Crippen LogP contribution in [0.5, 0.6) is 0 Å². The molecule has 0 spiro atoms. The van der Waals surface area contributed by atoms with Crippen molar-refractivity contribution in [1.82, 2.24) is 9.78 Å². The Balaban J connectivity index is 1.83. The molecule has 1 atom stereocenters. The SMILES string of the molecule is Cc1cccc(-n2nc(C)c3c2C[C@@H](c2ccccc2C)CC3=O)c1. The van der Waals surface area contributed by atoms with Gasteiger partial charge in [-0.2, -0.15) is 5.10 Å². The summed E-state index contributed by atoms with van der Waals surface area (Å²) in [5, 5.41) is 4.70. The zero-order valence-corrected chi connectivity index (χ0v) is 14.9. The predicted molar refractivity (Wildman–Crippen MR) is 99.6 cm³/mol. The summed E-state index contributed by atoms with van der Waals surface area (Å²) < 4.78 is 1.97. The first-order valence-electron chi connectivity index (χ1n) is 8.79. The third kappa shape index (κ3) is 2.70. The van der Waals surface area contributed by atoms with E-state index in [1.807, 2.05) is 17.7 Å². The molecule has 1 heterocycles. The van der Waals surface area contributed by atoms with Crippen molar-refractivity contribution < 1.29 is 4.79 Å². The molecule has 0 bridgehead atoms. The van der Waals surface area contributed by atoms with Crippen LogP contribution in [-0.4, -0.2) is 15.6 Å². The lowest BCUT2D eigenvalue weighted by atomic mass is 9.80. The Labute approximate surface area is 148 Å². The van der Waals surface area contributed by atoms with Crippen LogP contribution in [0.2, 0.25) is 0 Å². The lowest BCUT2D eigenvalue weighted by Crippen LogP contribution is -2.21. The van der Waals surface area contributed by atoms with Crippen LogP contribution in [-0.2, 0) is 6.42 Å². The van der Waals surface area contributed by atoms with Gasteiger partial charge in [0, 0.05) is 6.42 Å². The molecule has 126 valence electrons. The number of ketones is 1. The fourth-order valence-corrected chi connectivity index (χ4v) is 4.00. The van der Waals surface area contributed by atoms with Crippen LogP contribution in [0.3, 0.4) is 0 Å². The average Bonchev–Trinajstić information content (AvgIpc) is 2.92. The van der Waals surface area contributed by atoms with Gasteiger partial charge in [-0.1, -0.05) is 36.4 Å². The second kappa shape index (κ2) is 5.99. The van der Waals surface area contributed by atoms with Crippen LogP contribution >= 0.6 is 0 Å². The molecule has 2 aromatic carbocycles. The van der Waals surface area contributed by atoms with Crippen molar-refractivity contribution in [2.24, 2.45) is 0 Å². The van der Waals surface area contributed by atoms with Gasteiger partial charge in [0.25, 0.3) is 0 Å². The standard InChI is InChI=1S/C22H22N2O/c1-14-7-6-9-18(11-14)24-20-12-17(19-10-5-4-8-15(19)2)13-21(25)22(20)16(3)23-24/h4-11,17H,12-13H2,1-3H3/t17-/m1/s1. The summed E-state index contributed by atoms with van der Waals surface area (Å²) in [5.41, 5.74) is 7.46. The Morgan fingerprint density at radius 2 is 1.80 bits per heavy atom. The van der Waals surface area contributed by atoms with E-state index in [1.54, 1.807) is 0 Å². The Kier molecular flexibility index (Phi) is 3.79. The Morgan fingerprint density at radius 3 is 2.56 bits per heavy atom. The van der Waals surface area contributed by atoms with Gasteiger partial charge in [0.05, 0.1) is 22.6 Å². The van der Waals surface area contributed by atoms with Gasteiger partial charge in [-0.05, 0) is 61.9 Å². The Hall–Kier alpha value is -2.68.